The highest BCUT2D eigenvalue weighted by atomic mass is 32.2. The van der Waals surface area contributed by atoms with E-state index in [1.807, 2.05) is 11.6 Å². The zero-order valence-electron chi connectivity index (χ0n) is 13.6. The van der Waals surface area contributed by atoms with Crippen molar-refractivity contribution in [2.24, 2.45) is 21.1 Å². The van der Waals surface area contributed by atoms with Crippen LogP contribution >= 0.6 is 11.8 Å². The van der Waals surface area contributed by atoms with Gasteiger partial charge in [0, 0.05) is 46.5 Å². The quantitative estimate of drug-likeness (QED) is 0.692. The molecule has 3 rings (SSSR count). The summed E-state index contributed by atoms with van der Waals surface area (Å²) in [5, 5.41) is 0.756. The molecule has 2 aromatic heterocycles. The second-order valence-electron chi connectivity index (χ2n) is 5.63. The number of aromatic nitrogens is 4. The minimum atomic E-state index is -0.348. The number of hydrogen-bond donors (Lipinski definition) is 0. The average molecular weight is 339 g/mol. The average Bonchev–Trinajstić information content (AvgIpc) is 2.89. The van der Waals surface area contributed by atoms with Gasteiger partial charge >= 0.3 is 5.69 Å². The predicted octanol–water partition coefficient (Wildman–Crippen LogP) is -0.605. The molecule has 1 saturated heterocycles. The highest BCUT2D eigenvalue weighted by Crippen LogP contribution is 2.20. The molecule has 1 fully saturated rings. The summed E-state index contributed by atoms with van der Waals surface area (Å²) in [4.78, 5) is 31.1. The van der Waals surface area contributed by atoms with Gasteiger partial charge in [0.2, 0.25) is 0 Å². The first-order valence-corrected chi connectivity index (χ1v) is 8.54. The van der Waals surface area contributed by atoms with Gasteiger partial charge in [-0.05, 0) is 0 Å². The molecule has 126 valence electrons. The van der Waals surface area contributed by atoms with Gasteiger partial charge in [-0.1, -0.05) is 11.8 Å². The van der Waals surface area contributed by atoms with Crippen LogP contribution in [-0.2, 0) is 25.9 Å². The summed E-state index contributed by atoms with van der Waals surface area (Å²) in [5.74, 6) is 0.880. The van der Waals surface area contributed by atoms with Gasteiger partial charge in [0.1, 0.15) is 0 Å². The van der Waals surface area contributed by atoms with Crippen molar-refractivity contribution in [3.05, 3.63) is 20.8 Å². The fourth-order valence-electron chi connectivity index (χ4n) is 2.78. The third-order valence-electron chi connectivity index (χ3n) is 4.17. The Hall–Kier alpha value is -1.58. The van der Waals surface area contributed by atoms with Crippen molar-refractivity contribution < 1.29 is 4.74 Å². The van der Waals surface area contributed by atoms with Crippen LogP contribution in [0.3, 0.4) is 0 Å². The lowest BCUT2D eigenvalue weighted by atomic mass is 10.4. The smallest absolute Gasteiger partial charge is 0.332 e. The number of rotatable bonds is 4. The molecule has 0 saturated carbocycles. The number of nitrogens with zero attached hydrogens (tertiary/aromatic N) is 5. The van der Waals surface area contributed by atoms with E-state index in [1.54, 1.807) is 18.8 Å². The summed E-state index contributed by atoms with van der Waals surface area (Å²) in [5.41, 5.74) is 0.215. The molecule has 0 aliphatic carbocycles. The molecule has 0 aromatic carbocycles. The van der Waals surface area contributed by atoms with E-state index in [-0.39, 0.29) is 11.2 Å². The van der Waals surface area contributed by atoms with Gasteiger partial charge in [-0.2, -0.15) is 0 Å². The molecular weight excluding hydrogens is 318 g/mol. The molecular formula is C14H21N5O3S. The van der Waals surface area contributed by atoms with Crippen molar-refractivity contribution in [2.45, 2.75) is 5.16 Å². The number of ether oxygens (including phenoxy) is 1. The number of hydrogen-bond acceptors (Lipinski definition) is 6. The first-order chi connectivity index (χ1) is 11.0. The molecule has 0 amide bonds. The molecule has 0 bridgehead atoms. The minimum absolute atomic E-state index is 0.338. The fraction of sp³-hybridized carbons (Fsp3) is 0.643. The van der Waals surface area contributed by atoms with Crippen LogP contribution in [0, 0.1) is 0 Å². The molecule has 0 N–H and O–H groups in total. The van der Waals surface area contributed by atoms with Crippen molar-refractivity contribution in [1.82, 2.24) is 23.6 Å². The number of thioether (sulfide) groups is 1. The van der Waals surface area contributed by atoms with Crippen LogP contribution in [0.4, 0.5) is 0 Å². The molecule has 0 atom stereocenters. The Balaban J connectivity index is 1.83. The largest absolute Gasteiger partial charge is 0.379 e. The van der Waals surface area contributed by atoms with Crippen LogP contribution in [-0.4, -0.2) is 62.2 Å². The molecule has 9 heteroatoms. The van der Waals surface area contributed by atoms with E-state index < -0.39 is 0 Å². The normalized spacial score (nSPS) is 16.3. The first-order valence-electron chi connectivity index (χ1n) is 7.56. The maximum absolute atomic E-state index is 12.2. The number of morpholine rings is 1. The number of imidazole rings is 1. The third-order valence-corrected chi connectivity index (χ3v) is 5.18. The molecule has 8 nitrogen and oxygen atoms in total. The standard InChI is InChI=1S/C14H21N5O3S/c1-16-11-10(12(20)18(3)14(21)17(11)2)15-13(16)23-9-6-19-4-7-22-8-5-19/h4-9H2,1-3H3. The van der Waals surface area contributed by atoms with Crippen LogP contribution in [0.15, 0.2) is 14.7 Å². The Bertz CT molecular complexity index is 832. The Labute approximate surface area is 137 Å². The summed E-state index contributed by atoms with van der Waals surface area (Å²) < 4.78 is 9.72. The van der Waals surface area contributed by atoms with E-state index >= 15 is 0 Å². The molecule has 0 unspecified atom stereocenters. The van der Waals surface area contributed by atoms with Gasteiger partial charge in [0.15, 0.2) is 16.3 Å². The zero-order valence-corrected chi connectivity index (χ0v) is 14.4. The van der Waals surface area contributed by atoms with Crippen LogP contribution in [0.2, 0.25) is 0 Å². The van der Waals surface area contributed by atoms with Crippen LogP contribution < -0.4 is 11.2 Å². The SMILES string of the molecule is Cn1c(=O)c2nc(SCCN3CCOCC3)n(C)c2n(C)c1=O. The van der Waals surface area contributed by atoms with Crippen LogP contribution in [0.1, 0.15) is 0 Å². The second-order valence-corrected chi connectivity index (χ2v) is 6.70. The summed E-state index contributed by atoms with van der Waals surface area (Å²) in [7, 11) is 4.98. The minimum Gasteiger partial charge on any atom is -0.379 e. The van der Waals surface area contributed by atoms with Gasteiger partial charge in [-0.25, -0.2) is 9.78 Å². The van der Waals surface area contributed by atoms with Crippen molar-refractivity contribution >= 4 is 22.9 Å². The summed E-state index contributed by atoms with van der Waals surface area (Å²) in [6.45, 7) is 4.44. The molecule has 1 aliphatic rings. The van der Waals surface area contributed by atoms with E-state index in [2.05, 4.69) is 9.88 Å². The molecule has 1 aliphatic heterocycles. The second kappa shape index (κ2) is 6.50. The van der Waals surface area contributed by atoms with Gasteiger partial charge in [-0.3, -0.25) is 18.8 Å². The van der Waals surface area contributed by atoms with Gasteiger partial charge in [-0.15, -0.1) is 0 Å². The summed E-state index contributed by atoms with van der Waals surface area (Å²) in [6.07, 6.45) is 0. The molecule has 3 heterocycles. The summed E-state index contributed by atoms with van der Waals surface area (Å²) >= 11 is 1.60. The van der Waals surface area contributed by atoms with E-state index in [0.717, 1.165) is 48.3 Å². The van der Waals surface area contributed by atoms with Crippen molar-refractivity contribution in [2.75, 3.05) is 38.6 Å². The fourth-order valence-corrected chi connectivity index (χ4v) is 3.75. The highest BCUT2D eigenvalue weighted by molar-refractivity contribution is 7.99. The monoisotopic (exact) mass is 339 g/mol. The van der Waals surface area contributed by atoms with Gasteiger partial charge in [0.05, 0.1) is 13.2 Å². The lowest BCUT2D eigenvalue weighted by Gasteiger charge is -2.26. The lowest BCUT2D eigenvalue weighted by Crippen LogP contribution is -2.37. The van der Waals surface area contributed by atoms with E-state index in [0.29, 0.717) is 11.2 Å². The van der Waals surface area contributed by atoms with Crippen molar-refractivity contribution in [3.63, 3.8) is 0 Å². The topological polar surface area (TPSA) is 74.3 Å². The molecule has 0 spiro atoms. The zero-order chi connectivity index (χ0) is 16.6. The van der Waals surface area contributed by atoms with Gasteiger partial charge in [0.25, 0.3) is 5.56 Å². The van der Waals surface area contributed by atoms with Crippen molar-refractivity contribution in [1.29, 1.82) is 0 Å². The molecule has 0 radical (unpaired) electrons. The Morgan fingerprint density at radius 2 is 1.78 bits per heavy atom. The first kappa shape index (κ1) is 16.3. The lowest BCUT2D eigenvalue weighted by molar-refractivity contribution is 0.0410. The van der Waals surface area contributed by atoms with E-state index in [9.17, 15) is 9.59 Å². The van der Waals surface area contributed by atoms with E-state index in [4.69, 9.17) is 4.74 Å². The number of fused-ring (bicyclic) bond motifs is 1. The van der Waals surface area contributed by atoms with Crippen LogP contribution in [0.5, 0.6) is 0 Å². The maximum atomic E-state index is 12.2. The Morgan fingerprint density at radius 1 is 1.09 bits per heavy atom. The number of aryl methyl sites for hydroxylation is 2. The molecule has 23 heavy (non-hydrogen) atoms. The van der Waals surface area contributed by atoms with Crippen LogP contribution in [0.25, 0.3) is 11.2 Å². The Kier molecular flexibility index (Phi) is 4.60. The highest BCUT2D eigenvalue weighted by Gasteiger charge is 2.17. The van der Waals surface area contributed by atoms with Gasteiger partial charge < -0.3 is 9.30 Å². The third kappa shape index (κ3) is 2.96. The molecule has 2 aromatic rings. The Morgan fingerprint density at radius 3 is 2.48 bits per heavy atom. The van der Waals surface area contributed by atoms with E-state index in [1.165, 1.54) is 11.6 Å². The summed E-state index contributed by atoms with van der Waals surface area (Å²) in [6, 6.07) is 0. The van der Waals surface area contributed by atoms with Crippen molar-refractivity contribution in [3.8, 4) is 0 Å². The maximum Gasteiger partial charge on any atom is 0.332 e. The predicted molar refractivity (Wildman–Crippen MR) is 89.2 cm³/mol.